The van der Waals surface area contributed by atoms with E-state index in [-0.39, 0.29) is 29.4 Å². The highest BCUT2D eigenvalue weighted by molar-refractivity contribution is 14.0. The van der Waals surface area contributed by atoms with E-state index in [2.05, 4.69) is 68.6 Å². The van der Waals surface area contributed by atoms with Crippen LogP contribution in [0, 0.1) is 13.8 Å². The molecule has 25 heavy (non-hydrogen) atoms. The molecule has 0 aliphatic carbocycles. The van der Waals surface area contributed by atoms with Crippen molar-refractivity contribution in [3.05, 3.63) is 51.6 Å². The van der Waals surface area contributed by atoms with Crippen LogP contribution in [0.15, 0.2) is 38.1 Å². The summed E-state index contributed by atoms with van der Waals surface area (Å²) in [5.74, 6) is 2.24. The van der Waals surface area contributed by atoms with E-state index in [0.29, 0.717) is 12.4 Å². The highest BCUT2D eigenvalue weighted by Gasteiger charge is 2.23. The summed E-state index contributed by atoms with van der Waals surface area (Å²) in [6, 6.07) is 8.29. The molecule has 7 heteroatoms. The number of aryl methyl sites for hydroxylation is 2. The number of oxazole rings is 1. The van der Waals surface area contributed by atoms with Gasteiger partial charge in [0.1, 0.15) is 5.76 Å². The van der Waals surface area contributed by atoms with Gasteiger partial charge in [0, 0.05) is 23.5 Å². The third-order valence-electron chi connectivity index (χ3n) is 4.00. The van der Waals surface area contributed by atoms with E-state index >= 15 is 0 Å². The van der Waals surface area contributed by atoms with Gasteiger partial charge in [-0.3, -0.25) is 4.99 Å². The van der Waals surface area contributed by atoms with E-state index in [4.69, 9.17) is 4.42 Å². The van der Waals surface area contributed by atoms with Crippen LogP contribution in [0.2, 0.25) is 0 Å². The van der Waals surface area contributed by atoms with Crippen molar-refractivity contribution in [2.45, 2.75) is 39.7 Å². The fourth-order valence-electron chi connectivity index (χ4n) is 2.40. The Morgan fingerprint density at radius 1 is 1.24 bits per heavy atom. The first-order valence-electron chi connectivity index (χ1n) is 7.96. The maximum absolute atomic E-state index is 5.58. The zero-order chi connectivity index (χ0) is 17.7. The smallest absolute Gasteiger partial charge is 0.214 e. The Hall–Kier alpha value is -1.09. The van der Waals surface area contributed by atoms with Crippen molar-refractivity contribution in [1.82, 2.24) is 15.6 Å². The van der Waals surface area contributed by atoms with Gasteiger partial charge >= 0.3 is 0 Å². The van der Waals surface area contributed by atoms with Crippen LogP contribution in [0.5, 0.6) is 0 Å². The number of nitrogens with one attached hydrogen (secondary N) is 2. The van der Waals surface area contributed by atoms with E-state index in [1.165, 1.54) is 5.56 Å². The predicted octanol–water partition coefficient (Wildman–Crippen LogP) is 4.31. The zero-order valence-electron chi connectivity index (χ0n) is 15.3. The van der Waals surface area contributed by atoms with E-state index in [9.17, 15) is 0 Å². The highest BCUT2D eigenvalue weighted by Crippen LogP contribution is 2.29. The third kappa shape index (κ3) is 5.99. The number of guanidine groups is 1. The highest BCUT2D eigenvalue weighted by atomic mass is 127. The van der Waals surface area contributed by atoms with E-state index in [0.717, 1.165) is 28.4 Å². The Kier molecular flexibility index (Phi) is 8.40. The first-order chi connectivity index (χ1) is 11.3. The fraction of sp³-hybridized carbons (Fsp3) is 0.444. The maximum Gasteiger partial charge on any atom is 0.214 e. The lowest BCUT2D eigenvalue weighted by molar-refractivity contribution is 0.461. The number of nitrogens with zero attached hydrogens (tertiary/aromatic N) is 2. The molecule has 1 aromatic carbocycles. The van der Waals surface area contributed by atoms with Gasteiger partial charge in [-0.25, -0.2) is 4.98 Å². The second-order valence-electron chi connectivity index (χ2n) is 6.39. The minimum Gasteiger partial charge on any atom is -0.444 e. The number of rotatable bonds is 5. The second kappa shape index (κ2) is 9.56. The van der Waals surface area contributed by atoms with Crippen LogP contribution in [-0.4, -0.2) is 24.5 Å². The van der Waals surface area contributed by atoms with Crippen molar-refractivity contribution in [3.8, 4) is 0 Å². The molecule has 0 unspecified atom stereocenters. The quantitative estimate of drug-likeness (QED) is 0.350. The van der Waals surface area contributed by atoms with Gasteiger partial charge < -0.3 is 15.1 Å². The summed E-state index contributed by atoms with van der Waals surface area (Å²) >= 11 is 3.63. The van der Waals surface area contributed by atoms with Crippen LogP contribution in [0.3, 0.4) is 0 Å². The number of aromatic nitrogens is 1. The maximum atomic E-state index is 5.58. The van der Waals surface area contributed by atoms with Crippen molar-refractivity contribution < 1.29 is 4.42 Å². The van der Waals surface area contributed by atoms with Gasteiger partial charge in [-0.05, 0) is 25.5 Å². The summed E-state index contributed by atoms with van der Waals surface area (Å²) in [5.41, 5.74) is 2.13. The van der Waals surface area contributed by atoms with Crippen molar-refractivity contribution in [2.24, 2.45) is 4.99 Å². The van der Waals surface area contributed by atoms with Crippen molar-refractivity contribution >= 4 is 45.9 Å². The molecular formula is C18H26BrIN4O. The van der Waals surface area contributed by atoms with Crippen molar-refractivity contribution in [3.63, 3.8) is 0 Å². The van der Waals surface area contributed by atoms with Gasteiger partial charge in [0.15, 0.2) is 5.96 Å². The Morgan fingerprint density at radius 3 is 2.48 bits per heavy atom. The molecule has 0 atom stereocenters. The fourth-order valence-corrected chi connectivity index (χ4v) is 3.23. The molecule has 2 N–H and O–H groups in total. The summed E-state index contributed by atoms with van der Waals surface area (Å²) < 4.78 is 6.69. The van der Waals surface area contributed by atoms with Gasteiger partial charge in [-0.15, -0.1) is 24.0 Å². The van der Waals surface area contributed by atoms with E-state index in [1.807, 2.05) is 19.9 Å². The molecule has 0 aliphatic heterocycles. The minimum atomic E-state index is -0.0478. The Labute approximate surface area is 175 Å². The molecule has 0 saturated heterocycles. The number of aliphatic imine (C=N–C) groups is 1. The molecule has 0 saturated carbocycles. The molecule has 0 aliphatic rings. The van der Waals surface area contributed by atoms with Gasteiger partial charge in [0.05, 0.1) is 12.2 Å². The number of hydrogen-bond acceptors (Lipinski definition) is 3. The summed E-state index contributed by atoms with van der Waals surface area (Å²) in [6.07, 6.45) is 0. The molecule has 1 aromatic heterocycles. The minimum absolute atomic E-state index is 0. The molecular weight excluding hydrogens is 495 g/mol. The number of benzene rings is 1. The normalized spacial score (nSPS) is 11.8. The monoisotopic (exact) mass is 520 g/mol. The molecule has 138 valence electrons. The third-order valence-corrected chi connectivity index (χ3v) is 4.70. The van der Waals surface area contributed by atoms with Crippen LogP contribution in [0.4, 0.5) is 0 Å². The van der Waals surface area contributed by atoms with Crippen molar-refractivity contribution in [1.29, 1.82) is 0 Å². The molecule has 0 spiro atoms. The Balaban J connectivity index is 0.00000312. The molecule has 1 heterocycles. The molecule has 0 bridgehead atoms. The summed E-state index contributed by atoms with van der Waals surface area (Å²) in [6.45, 7) is 9.51. The van der Waals surface area contributed by atoms with Crippen LogP contribution < -0.4 is 10.6 Å². The van der Waals surface area contributed by atoms with Gasteiger partial charge in [0.25, 0.3) is 0 Å². The van der Waals surface area contributed by atoms with Gasteiger partial charge in [-0.1, -0.05) is 48.0 Å². The zero-order valence-corrected chi connectivity index (χ0v) is 19.2. The van der Waals surface area contributed by atoms with E-state index in [1.54, 1.807) is 7.05 Å². The lowest BCUT2D eigenvalue weighted by Crippen LogP contribution is -2.43. The Morgan fingerprint density at radius 2 is 1.92 bits per heavy atom. The summed E-state index contributed by atoms with van der Waals surface area (Å²) in [4.78, 5) is 8.63. The van der Waals surface area contributed by atoms with E-state index < -0.39 is 0 Å². The second-order valence-corrected chi connectivity index (χ2v) is 7.25. The lowest BCUT2D eigenvalue weighted by Gasteiger charge is -2.27. The number of halogens is 2. The molecule has 0 radical (unpaired) electrons. The molecule has 0 fully saturated rings. The van der Waals surface area contributed by atoms with Gasteiger partial charge in [0.2, 0.25) is 5.89 Å². The average Bonchev–Trinajstić information content (AvgIpc) is 2.86. The molecule has 5 nitrogen and oxygen atoms in total. The predicted molar refractivity (Wildman–Crippen MR) is 117 cm³/mol. The summed E-state index contributed by atoms with van der Waals surface area (Å²) in [5, 5.41) is 6.61. The molecule has 2 aromatic rings. The first-order valence-corrected chi connectivity index (χ1v) is 8.75. The van der Waals surface area contributed by atoms with Crippen LogP contribution in [-0.2, 0) is 12.0 Å². The summed E-state index contributed by atoms with van der Waals surface area (Å²) in [7, 11) is 1.76. The Bertz CT molecular complexity index is 708. The van der Waals surface area contributed by atoms with Crippen molar-refractivity contribution in [2.75, 3.05) is 13.6 Å². The largest absolute Gasteiger partial charge is 0.444 e. The van der Waals surface area contributed by atoms with Gasteiger partial charge in [-0.2, -0.15) is 0 Å². The topological polar surface area (TPSA) is 62.5 Å². The van der Waals surface area contributed by atoms with Crippen LogP contribution in [0.1, 0.15) is 36.8 Å². The standard InChI is InChI=1S/C18H25BrN4O.HI/c1-12-13(2)24-16(23-12)10-21-17(20-5)22-11-18(3,4)14-8-6-7-9-15(14)19;/h6-9H,10-11H2,1-5H3,(H2,20,21,22);1H. The first kappa shape index (κ1) is 22.0. The average molecular weight is 521 g/mol. The number of hydrogen-bond donors (Lipinski definition) is 2. The molecule has 2 rings (SSSR count). The van der Waals surface area contributed by atoms with Crippen LogP contribution in [0.25, 0.3) is 0 Å². The lowest BCUT2D eigenvalue weighted by atomic mass is 9.84. The van der Waals surface area contributed by atoms with Crippen LogP contribution >= 0.6 is 39.9 Å². The SMILES string of the molecule is CN=C(NCc1nc(C)c(C)o1)NCC(C)(C)c1ccccc1Br.I. The molecule has 0 amide bonds.